The highest BCUT2D eigenvalue weighted by Gasteiger charge is 2.13. The number of carbonyl (C=O) groups excluding carboxylic acids is 1. The Morgan fingerprint density at radius 3 is 2.40 bits per heavy atom. The molecule has 8 heteroatoms. The molecule has 0 aliphatic carbocycles. The number of nitrogens with one attached hydrogen (secondary N) is 1. The average Bonchev–Trinajstić information content (AvgIpc) is 3.08. The van der Waals surface area contributed by atoms with Crippen LogP contribution in [0.5, 0.6) is 5.75 Å². The van der Waals surface area contributed by atoms with E-state index in [1.165, 1.54) is 0 Å². The first-order chi connectivity index (χ1) is 14.5. The molecule has 1 N–H and O–H groups in total. The van der Waals surface area contributed by atoms with Gasteiger partial charge in [-0.25, -0.2) is 4.68 Å². The number of methoxy groups -OCH3 is 1. The number of rotatable bonds is 8. The van der Waals surface area contributed by atoms with Crippen molar-refractivity contribution >= 4 is 18.1 Å². The van der Waals surface area contributed by atoms with Crippen molar-refractivity contribution in [1.29, 1.82) is 0 Å². The number of hydrogen-bond acceptors (Lipinski definition) is 5. The van der Waals surface area contributed by atoms with Gasteiger partial charge in [-0.15, -0.1) is 0 Å². The number of hydrogen-bond donors (Lipinski definition) is 1. The number of carbonyl (C=O) groups is 1. The van der Waals surface area contributed by atoms with E-state index in [1.807, 2.05) is 64.8 Å². The zero-order chi connectivity index (χ0) is 21.7. The van der Waals surface area contributed by atoms with Crippen molar-refractivity contribution in [1.82, 2.24) is 24.6 Å². The lowest BCUT2D eigenvalue weighted by Crippen LogP contribution is -2.23. The first kappa shape index (κ1) is 21.7. The standard InChI is InChI=1S/C22H27N5O2S/c1-5-26-20(17-10-12-19(29-4)13-11-17)24-27(22(26)30)15-25(3)14-16-6-8-18(9-7-16)21(28)23-2/h6-13H,5,14-15H2,1-4H3,(H,23,28). The minimum atomic E-state index is -0.0858. The number of ether oxygens (including phenoxy) is 1. The average molecular weight is 426 g/mol. The fraction of sp³-hybridized carbons (Fsp3) is 0.318. The highest BCUT2D eigenvalue weighted by molar-refractivity contribution is 7.71. The normalized spacial score (nSPS) is 11.0. The number of aromatic nitrogens is 3. The zero-order valence-electron chi connectivity index (χ0n) is 17.8. The molecule has 1 aromatic heterocycles. The van der Waals surface area contributed by atoms with Crippen molar-refractivity contribution in [2.75, 3.05) is 21.2 Å². The van der Waals surface area contributed by atoms with Crippen molar-refractivity contribution in [3.8, 4) is 17.1 Å². The van der Waals surface area contributed by atoms with Crippen LogP contribution in [0.2, 0.25) is 0 Å². The molecule has 7 nitrogen and oxygen atoms in total. The van der Waals surface area contributed by atoms with Gasteiger partial charge in [0.2, 0.25) is 0 Å². The summed E-state index contributed by atoms with van der Waals surface area (Å²) in [6.45, 7) is 4.08. The van der Waals surface area contributed by atoms with Gasteiger partial charge in [0.25, 0.3) is 5.91 Å². The molecule has 158 valence electrons. The molecule has 3 rings (SSSR count). The predicted molar refractivity (Wildman–Crippen MR) is 120 cm³/mol. The van der Waals surface area contributed by atoms with Gasteiger partial charge >= 0.3 is 0 Å². The van der Waals surface area contributed by atoms with Crippen LogP contribution in [0.15, 0.2) is 48.5 Å². The quantitative estimate of drug-likeness (QED) is 0.559. The van der Waals surface area contributed by atoms with Crippen LogP contribution in [-0.2, 0) is 19.8 Å². The molecule has 0 radical (unpaired) electrons. The summed E-state index contributed by atoms with van der Waals surface area (Å²) in [5.74, 6) is 1.56. The van der Waals surface area contributed by atoms with Gasteiger partial charge in [-0.1, -0.05) is 12.1 Å². The molecule has 0 unspecified atom stereocenters. The van der Waals surface area contributed by atoms with E-state index in [4.69, 9.17) is 22.1 Å². The van der Waals surface area contributed by atoms with Crippen molar-refractivity contribution in [3.63, 3.8) is 0 Å². The summed E-state index contributed by atoms with van der Waals surface area (Å²) in [6, 6.07) is 15.4. The summed E-state index contributed by atoms with van der Waals surface area (Å²) in [7, 11) is 5.30. The van der Waals surface area contributed by atoms with Gasteiger partial charge in [0, 0.05) is 31.3 Å². The van der Waals surface area contributed by atoms with Crippen molar-refractivity contribution in [3.05, 3.63) is 64.4 Å². The van der Waals surface area contributed by atoms with E-state index in [2.05, 4.69) is 17.1 Å². The SMILES string of the molecule is CCn1c(-c2ccc(OC)cc2)nn(CN(C)Cc2ccc(C(=O)NC)cc2)c1=S. The Balaban J connectivity index is 1.76. The van der Waals surface area contributed by atoms with Gasteiger partial charge in [0.05, 0.1) is 13.8 Å². The van der Waals surface area contributed by atoms with Crippen molar-refractivity contribution < 1.29 is 9.53 Å². The molecule has 1 amide bonds. The topological polar surface area (TPSA) is 64.3 Å². The third kappa shape index (κ3) is 4.77. The molecule has 0 aliphatic heterocycles. The third-order valence-corrected chi connectivity index (χ3v) is 5.29. The first-order valence-corrected chi connectivity index (χ1v) is 10.2. The largest absolute Gasteiger partial charge is 0.497 e. The number of nitrogens with zero attached hydrogens (tertiary/aromatic N) is 4. The Kier molecular flexibility index (Phi) is 7.02. The summed E-state index contributed by atoms with van der Waals surface area (Å²) in [5.41, 5.74) is 2.76. The highest BCUT2D eigenvalue weighted by Crippen LogP contribution is 2.22. The fourth-order valence-corrected chi connectivity index (χ4v) is 3.58. The van der Waals surface area contributed by atoms with E-state index in [0.29, 0.717) is 23.5 Å². The van der Waals surface area contributed by atoms with Crippen LogP contribution >= 0.6 is 12.2 Å². The Labute approximate surface area is 181 Å². The van der Waals surface area contributed by atoms with Crippen molar-refractivity contribution in [2.24, 2.45) is 0 Å². The molecule has 3 aromatic rings. The molecule has 2 aromatic carbocycles. The molecular weight excluding hydrogens is 398 g/mol. The van der Waals surface area contributed by atoms with Gasteiger partial charge in [-0.05, 0) is 68.2 Å². The van der Waals surface area contributed by atoms with E-state index in [9.17, 15) is 4.79 Å². The zero-order valence-corrected chi connectivity index (χ0v) is 18.6. The van der Waals surface area contributed by atoms with Gasteiger partial charge in [0.15, 0.2) is 10.6 Å². The predicted octanol–water partition coefficient (Wildman–Crippen LogP) is 3.56. The molecule has 1 heterocycles. The molecule has 0 saturated carbocycles. The second-order valence-corrected chi connectivity index (χ2v) is 7.38. The highest BCUT2D eigenvalue weighted by atomic mass is 32.1. The molecule has 0 bridgehead atoms. The molecular formula is C22H27N5O2S. The van der Waals surface area contributed by atoms with Crippen molar-refractivity contribution in [2.45, 2.75) is 26.7 Å². The maximum absolute atomic E-state index is 11.7. The summed E-state index contributed by atoms with van der Waals surface area (Å²) in [6.07, 6.45) is 0. The molecule has 0 fully saturated rings. The van der Waals surface area contributed by atoms with Gasteiger partial charge in [0.1, 0.15) is 5.75 Å². The maximum Gasteiger partial charge on any atom is 0.251 e. The number of amides is 1. The van der Waals surface area contributed by atoms with E-state index in [0.717, 1.165) is 29.2 Å². The Morgan fingerprint density at radius 1 is 1.17 bits per heavy atom. The summed E-state index contributed by atoms with van der Waals surface area (Å²) < 4.78 is 9.81. The van der Waals surface area contributed by atoms with Gasteiger partial charge < -0.3 is 14.6 Å². The Bertz CT molecular complexity index is 1050. The van der Waals surface area contributed by atoms with E-state index >= 15 is 0 Å². The molecule has 0 saturated heterocycles. The van der Waals surface area contributed by atoms with Crippen LogP contribution in [0.3, 0.4) is 0 Å². The molecule has 0 spiro atoms. The summed E-state index contributed by atoms with van der Waals surface area (Å²) >= 11 is 5.67. The van der Waals surface area contributed by atoms with Crippen LogP contribution < -0.4 is 10.1 Å². The number of benzene rings is 2. The minimum Gasteiger partial charge on any atom is -0.497 e. The lowest BCUT2D eigenvalue weighted by molar-refractivity contribution is 0.0963. The lowest BCUT2D eigenvalue weighted by atomic mass is 10.1. The second kappa shape index (κ2) is 9.69. The van der Waals surface area contributed by atoms with Gasteiger partial charge in [-0.2, -0.15) is 5.10 Å². The first-order valence-electron chi connectivity index (χ1n) is 9.78. The third-order valence-electron chi connectivity index (χ3n) is 4.86. The Hall–Kier alpha value is -2.97. The van der Waals surface area contributed by atoms with Gasteiger partial charge in [-0.3, -0.25) is 9.69 Å². The van der Waals surface area contributed by atoms with Crippen LogP contribution in [0.25, 0.3) is 11.4 Å². The summed E-state index contributed by atoms with van der Waals surface area (Å²) in [5, 5.41) is 7.41. The monoisotopic (exact) mass is 425 g/mol. The minimum absolute atomic E-state index is 0.0858. The van der Waals surface area contributed by atoms with E-state index in [1.54, 1.807) is 14.2 Å². The molecule has 0 atom stereocenters. The van der Waals surface area contributed by atoms with Crippen LogP contribution in [-0.4, -0.2) is 46.4 Å². The second-order valence-electron chi connectivity index (χ2n) is 7.01. The maximum atomic E-state index is 11.7. The molecule has 30 heavy (non-hydrogen) atoms. The summed E-state index contributed by atoms with van der Waals surface area (Å²) in [4.78, 5) is 13.8. The lowest BCUT2D eigenvalue weighted by Gasteiger charge is -2.16. The smallest absolute Gasteiger partial charge is 0.251 e. The van der Waals surface area contributed by atoms with E-state index < -0.39 is 0 Å². The van der Waals surface area contributed by atoms with Crippen LogP contribution in [0, 0.1) is 4.77 Å². The molecule has 0 aliphatic rings. The van der Waals surface area contributed by atoms with Crippen LogP contribution in [0.4, 0.5) is 0 Å². The van der Waals surface area contributed by atoms with E-state index in [-0.39, 0.29) is 5.91 Å². The van der Waals surface area contributed by atoms with Crippen LogP contribution in [0.1, 0.15) is 22.8 Å². The Morgan fingerprint density at radius 2 is 1.83 bits per heavy atom. The fourth-order valence-electron chi connectivity index (χ4n) is 3.27.